The van der Waals surface area contributed by atoms with Crippen LogP contribution in [0.15, 0.2) is 58.7 Å². The van der Waals surface area contributed by atoms with Gasteiger partial charge in [-0.3, -0.25) is 19.9 Å². The molecule has 1 aliphatic heterocycles. The number of esters is 2. The van der Waals surface area contributed by atoms with E-state index in [0.717, 1.165) is 31.9 Å². The fourth-order valence-electron chi connectivity index (χ4n) is 4.97. The van der Waals surface area contributed by atoms with E-state index >= 15 is 0 Å². The van der Waals surface area contributed by atoms with Gasteiger partial charge in [-0.15, -0.1) is 0 Å². The minimum absolute atomic E-state index is 0.0392. The lowest BCUT2D eigenvalue weighted by Gasteiger charge is -2.32. The number of hydrogen-bond acceptors (Lipinski definition) is 11. The van der Waals surface area contributed by atoms with E-state index in [1.165, 1.54) is 13.0 Å². The van der Waals surface area contributed by atoms with Gasteiger partial charge in [0.25, 0.3) is 5.69 Å². The zero-order valence-electron chi connectivity index (χ0n) is 25.8. The average Bonchev–Trinajstić information content (AvgIpc) is 3.02. The molecule has 46 heavy (non-hydrogen) atoms. The van der Waals surface area contributed by atoms with Gasteiger partial charge in [0.05, 0.1) is 31.3 Å². The van der Waals surface area contributed by atoms with E-state index < -0.39 is 57.9 Å². The smallest absolute Gasteiger partial charge is 0.433 e. The van der Waals surface area contributed by atoms with E-state index in [-0.39, 0.29) is 36.8 Å². The largest absolute Gasteiger partial charge is 0.493 e. The van der Waals surface area contributed by atoms with Crippen LogP contribution in [-0.2, 0) is 19.1 Å². The molecule has 0 amide bonds. The molecule has 0 fully saturated rings. The Morgan fingerprint density at radius 2 is 1.78 bits per heavy atom. The highest BCUT2D eigenvalue weighted by molar-refractivity contribution is 6.07. The number of methoxy groups -OCH3 is 2. The fraction of sp³-hybridized carbons (Fsp3) is 0.452. The summed E-state index contributed by atoms with van der Waals surface area (Å²) in [4.78, 5) is 40.1. The lowest BCUT2D eigenvalue weighted by Crippen LogP contribution is -2.38. The Labute approximate surface area is 263 Å². The number of ether oxygens (including phenoxy) is 4. The van der Waals surface area contributed by atoms with Gasteiger partial charge in [-0.1, -0.05) is 18.2 Å². The number of alkyl halides is 3. The molecule has 1 heterocycles. The Morgan fingerprint density at radius 1 is 1.07 bits per heavy atom. The number of allylic oxidation sites excluding steroid dienone is 1. The van der Waals surface area contributed by atoms with Crippen molar-refractivity contribution in [1.29, 1.82) is 0 Å². The molecule has 3 rings (SSSR count). The van der Waals surface area contributed by atoms with E-state index in [9.17, 15) is 38.0 Å². The number of benzene rings is 2. The predicted molar refractivity (Wildman–Crippen MR) is 160 cm³/mol. The van der Waals surface area contributed by atoms with Crippen molar-refractivity contribution in [1.82, 2.24) is 5.32 Å². The van der Waals surface area contributed by atoms with Crippen LogP contribution >= 0.6 is 0 Å². The highest BCUT2D eigenvalue weighted by Crippen LogP contribution is 2.47. The number of unbranched alkanes of at least 4 members (excludes halogenated alkanes) is 1. The van der Waals surface area contributed by atoms with Crippen LogP contribution < -0.4 is 14.8 Å². The Hall–Kier alpha value is -4.50. The second-order valence-corrected chi connectivity index (χ2v) is 10.5. The van der Waals surface area contributed by atoms with Crippen molar-refractivity contribution >= 4 is 23.3 Å². The van der Waals surface area contributed by atoms with Crippen LogP contribution in [0.1, 0.15) is 36.8 Å². The maximum absolute atomic E-state index is 14.1. The molecule has 2 N–H and O–H groups in total. The van der Waals surface area contributed by atoms with Crippen LogP contribution in [0.2, 0.25) is 0 Å². The van der Waals surface area contributed by atoms with Gasteiger partial charge in [0, 0.05) is 35.9 Å². The standard InChI is InChI=1S/C31H36F3N3O9/c1-18-9-5-6-10-23(18)46-17-21(38)16-35-13-7-8-14-45-24-12-11-20(37(41)42)15-22(24)26-25(29(39)43-3)19(2)36-28(31(32,33)34)27(26)30(40)44-4/h5-6,9-12,15,21,25-26,35,38H,7-8,13-14,16-17H2,1-4H3. The number of halogens is 3. The SMILES string of the molecule is COC(=O)C1=C(C(F)(F)F)N=C(C)C(C(=O)OC)C1c1cc([N+](=O)[O-])ccc1OCCCCNCC(O)COc1ccccc1C. The number of aryl methyl sites for hydroxylation is 1. The van der Waals surface area contributed by atoms with Crippen LogP contribution in [0, 0.1) is 23.0 Å². The Balaban J connectivity index is 1.76. The van der Waals surface area contributed by atoms with E-state index in [0.29, 0.717) is 25.1 Å². The number of para-hydroxylation sites is 1. The molecule has 0 aromatic heterocycles. The lowest BCUT2D eigenvalue weighted by molar-refractivity contribution is -0.385. The highest BCUT2D eigenvalue weighted by Gasteiger charge is 2.50. The topological polar surface area (TPSA) is 159 Å². The van der Waals surface area contributed by atoms with Crippen LogP contribution in [0.4, 0.5) is 18.9 Å². The highest BCUT2D eigenvalue weighted by atomic mass is 19.4. The molecule has 2 aromatic rings. The molecule has 0 aliphatic carbocycles. The summed E-state index contributed by atoms with van der Waals surface area (Å²) in [6, 6.07) is 10.7. The number of non-ortho nitro benzene ring substituents is 1. The molecule has 12 nitrogen and oxygen atoms in total. The minimum atomic E-state index is -5.13. The maximum Gasteiger partial charge on any atom is 0.433 e. The normalized spacial score (nSPS) is 17.2. The zero-order chi connectivity index (χ0) is 34.0. The Bertz CT molecular complexity index is 1480. The van der Waals surface area contributed by atoms with Crippen molar-refractivity contribution in [2.45, 2.75) is 44.9 Å². The summed E-state index contributed by atoms with van der Waals surface area (Å²) in [7, 11) is 1.89. The summed E-state index contributed by atoms with van der Waals surface area (Å²) >= 11 is 0. The Morgan fingerprint density at radius 3 is 2.41 bits per heavy atom. The van der Waals surface area contributed by atoms with Crippen LogP contribution in [0.25, 0.3) is 0 Å². The maximum atomic E-state index is 14.1. The van der Waals surface area contributed by atoms with E-state index in [1.54, 1.807) is 0 Å². The van der Waals surface area contributed by atoms with Gasteiger partial charge < -0.3 is 29.4 Å². The molecule has 0 saturated carbocycles. The average molecular weight is 652 g/mol. The number of carbonyl (C=O) groups is 2. The molecule has 15 heteroatoms. The number of nitro benzene ring substituents is 1. The van der Waals surface area contributed by atoms with Crippen molar-refractivity contribution in [3.05, 3.63) is 75.0 Å². The first-order chi connectivity index (χ1) is 21.8. The summed E-state index contributed by atoms with van der Waals surface area (Å²) in [6.07, 6.45) is -4.88. The third kappa shape index (κ3) is 9.03. The molecule has 3 atom stereocenters. The third-order valence-corrected chi connectivity index (χ3v) is 7.22. The van der Waals surface area contributed by atoms with E-state index in [1.807, 2.05) is 31.2 Å². The molecule has 1 aliphatic rings. The second-order valence-electron chi connectivity index (χ2n) is 10.5. The molecule has 0 bridgehead atoms. The summed E-state index contributed by atoms with van der Waals surface area (Å²) in [6.45, 7) is 3.96. The summed E-state index contributed by atoms with van der Waals surface area (Å²) < 4.78 is 63.4. The molecular formula is C31H36F3N3O9. The zero-order valence-corrected chi connectivity index (χ0v) is 25.8. The number of aliphatic hydroxyl groups excluding tert-OH is 1. The molecule has 3 unspecified atom stereocenters. The predicted octanol–water partition coefficient (Wildman–Crippen LogP) is 4.43. The third-order valence-electron chi connectivity index (χ3n) is 7.22. The van der Waals surface area contributed by atoms with Crippen LogP contribution in [-0.4, -0.2) is 80.5 Å². The van der Waals surface area contributed by atoms with Gasteiger partial charge in [-0.2, -0.15) is 13.2 Å². The van der Waals surface area contributed by atoms with E-state index in [4.69, 9.17) is 14.2 Å². The monoisotopic (exact) mass is 651 g/mol. The molecule has 2 aromatic carbocycles. The molecule has 250 valence electrons. The molecule has 0 radical (unpaired) electrons. The molecule has 0 saturated heterocycles. The van der Waals surface area contributed by atoms with Crippen molar-refractivity contribution in [2.24, 2.45) is 10.9 Å². The van der Waals surface area contributed by atoms with Crippen molar-refractivity contribution in [2.75, 3.05) is 40.5 Å². The quantitative estimate of drug-likeness (QED) is 0.122. The first-order valence-corrected chi connectivity index (χ1v) is 14.3. The molecule has 0 spiro atoms. The first-order valence-electron chi connectivity index (χ1n) is 14.3. The Kier molecular flexibility index (Phi) is 12.7. The number of aliphatic imine (C=N–C) groups is 1. The van der Waals surface area contributed by atoms with Crippen molar-refractivity contribution in [3.8, 4) is 11.5 Å². The van der Waals surface area contributed by atoms with Crippen molar-refractivity contribution < 1.29 is 51.7 Å². The number of aliphatic hydroxyl groups is 1. The summed E-state index contributed by atoms with van der Waals surface area (Å²) in [5.41, 5.74) is -2.67. The van der Waals surface area contributed by atoms with E-state index in [2.05, 4.69) is 15.0 Å². The van der Waals surface area contributed by atoms with Crippen LogP contribution in [0.3, 0.4) is 0 Å². The second kappa shape index (κ2) is 16.2. The van der Waals surface area contributed by atoms with Gasteiger partial charge in [0.1, 0.15) is 30.1 Å². The number of nitrogens with zero attached hydrogens (tertiary/aromatic N) is 2. The molecular weight excluding hydrogens is 615 g/mol. The van der Waals surface area contributed by atoms with Gasteiger partial charge in [-0.05, 0) is 50.9 Å². The number of nitrogens with one attached hydrogen (secondary N) is 1. The summed E-state index contributed by atoms with van der Waals surface area (Å²) in [5.74, 6) is -5.09. The number of nitro groups is 1. The minimum Gasteiger partial charge on any atom is -0.493 e. The van der Waals surface area contributed by atoms with Gasteiger partial charge >= 0.3 is 18.1 Å². The van der Waals surface area contributed by atoms with Gasteiger partial charge in [0.15, 0.2) is 5.70 Å². The number of carbonyl (C=O) groups excluding carboxylic acids is 2. The number of hydrogen-bond donors (Lipinski definition) is 2. The van der Waals surface area contributed by atoms with Gasteiger partial charge in [-0.25, -0.2) is 4.79 Å². The summed E-state index contributed by atoms with van der Waals surface area (Å²) in [5, 5.41) is 25.0. The van der Waals surface area contributed by atoms with Crippen LogP contribution in [0.5, 0.6) is 11.5 Å². The van der Waals surface area contributed by atoms with Gasteiger partial charge in [0.2, 0.25) is 0 Å². The lowest BCUT2D eigenvalue weighted by atomic mass is 9.75. The first kappa shape index (κ1) is 36.0. The van der Waals surface area contributed by atoms with Crippen molar-refractivity contribution in [3.63, 3.8) is 0 Å². The fourth-order valence-corrected chi connectivity index (χ4v) is 4.97. The number of rotatable bonds is 15.